The Bertz CT molecular complexity index is 560. The van der Waals surface area contributed by atoms with E-state index in [4.69, 9.17) is 10.5 Å². The van der Waals surface area contributed by atoms with Crippen molar-refractivity contribution in [3.63, 3.8) is 0 Å². The van der Waals surface area contributed by atoms with Crippen molar-refractivity contribution in [2.45, 2.75) is 142 Å². The van der Waals surface area contributed by atoms with Gasteiger partial charge in [-0.1, -0.05) is 115 Å². The van der Waals surface area contributed by atoms with E-state index in [1.54, 1.807) is 0 Å². The molecule has 2 amide bonds. The Hall–Kier alpha value is -1.78. The number of rotatable bonds is 26. The Morgan fingerprint density at radius 3 is 1.47 bits per heavy atom. The van der Waals surface area contributed by atoms with Gasteiger partial charge in [0.1, 0.15) is 6.54 Å². The Kier molecular flexibility index (Phi) is 26.4. The van der Waals surface area contributed by atoms with Crippen LogP contribution in [0.3, 0.4) is 0 Å². The number of hydrogen-bond donors (Lipinski definition) is 1. The largest absolute Gasteiger partial charge is 0.449 e. The predicted octanol–water partition coefficient (Wildman–Crippen LogP) is 8.86. The molecule has 0 aliphatic carbocycles. The minimum Gasteiger partial charge on any atom is -0.449 e. The van der Waals surface area contributed by atoms with Gasteiger partial charge < -0.3 is 10.5 Å². The van der Waals surface area contributed by atoms with Gasteiger partial charge in [0.15, 0.2) is 0 Å². The Labute approximate surface area is 223 Å². The highest BCUT2D eigenvalue weighted by Gasteiger charge is 2.16. The maximum Gasteiger partial charge on any atom is 0.410 e. The lowest BCUT2D eigenvalue weighted by Gasteiger charge is -2.20. The first kappa shape index (κ1) is 34.2. The topological polar surface area (TPSA) is 72.6 Å². The zero-order valence-corrected chi connectivity index (χ0v) is 23.8. The second-order valence-corrected chi connectivity index (χ2v) is 10.00. The number of carbonyl (C=O) groups is 2. The molecule has 0 fully saturated rings. The maximum absolute atomic E-state index is 12.4. The number of allylic oxidation sites excluding steroid dienone is 4. The van der Waals surface area contributed by atoms with Crippen LogP contribution in [0.5, 0.6) is 0 Å². The van der Waals surface area contributed by atoms with Crippen LogP contribution < -0.4 is 5.73 Å². The van der Waals surface area contributed by atoms with E-state index in [2.05, 4.69) is 38.2 Å². The summed E-state index contributed by atoms with van der Waals surface area (Å²) in [6.45, 7) is 5.26. The van der Waals surface area contributed by atoms with Crippen LogP contribution in [0.2, 0.25) is 0 Å². The van der Waals surface area contributed by atoms with Crippen molar-refractivity contribution in [1.29, 1.82) is 0 Å². The molecule has 0 unspecified atom stereocenters. The average molecular weight is 507 g/mol. The molecule has 0 heterocycles. The van der Waals surface area contributed by atoms with Crippen molar-refractivity contribution in [3.8, 4) is 0 Å². The molecule has 0 radical (unpaired) electrons. The summed E-state index contributed by atoms with van der Waals surface area (Å²) < 4.78 is 5.42. The first-order valence-corrected chi connectivity index (χ1v) is 15.1. The van der Waals surface area contributed by atoms with Gasteiger partial charge in [-0.05, 0) is 51.4 Å². The molecule has 0 rings (SSSR count). The molecule has 0 atom stereocenters. The number of nitrogens with two attached hydrogens (primary N) is 1. The van der Waals surface area contributed by atoms with Gasteiger partial charge in [0.2, 0.25) is 5.91 Å². The molecule has 5 heteroatoms. The molecule has 0 spiro atoms. The monoisotopic (exact) mass is 506 g/mol. The molecule has 0 aromatic rings. The van der Waals surface area contributed by atoms with E-state index in [1.165, 1.54) is 94.8 Å². The van der Waals surface area contributed by atoms with Gasteiger partial charge in [0, 0.05) is 6.54 Å². The van der Waals surface area contributed by atoms with Crippen molar-refractivity contribution in [1.82, 2.24) is 4.90 Å². The zero-order chi connectivity index (χ0) is 26.5. The molecule has 210 valence electrons. The lowest BCUT2D eigenvalue weighted by molar-refractivity contribution is -0.118. The fourth-order valence-corrected chi connectivity index (χ4v) is 4.29. The van der Waals surface area contributed by atoms with Crippen LogP contribution in [0.1, 0.15) is 142 Å². The third-order valence-corrected chi connectivity index (χ3v) is 6.45. The fraction of sp³-hybridized carbons (Fsp3) is 0.806. The Balaban J connectivity index is 3.72. The van der Waals surface area contributed by atoms with E-state index in [0.717, 1.165) is 38.5 Å². The van der Waals surface area contributed by atoms with E-state index in [0.29, 0.717) is 13.2 Å². The maximum atomic E-state index is 12.4. The number of unbranched alkanes of at least 4 members (excludes halogenated alkanes) is 16. The minimum absolute atomic E-state index is 0.0560. The van der Waals surface area contributed by atoms with E-state index in [1.807, 2.05) is 0 Å². The molecule has 0 aromatic heterocycles. The second kappa shape index (κ2) is 27.8. The van der Waals surface area contributed by atoms with Crippen molar-refractivity contribution in [2.75, 3.05) is 19.7 Å². The molecule has 5 nitrogen and oxygen atoms in total. The number of carbonyl (C=O) groups excluding carboxylic acids is 2. The second-order valence-electron chi connectivity index (χ2n) is 10.00. The van der Waals surface area contributed by atoms with Crippen molar-refractivity contribution >= 4 is 12.0 Å². The molecular weight excluding hydrogens is 448 g/mol. The van der Waals surface area contributed by atoms with Crippen LogP contribution in [0.15, 0.2) is 24.3 Å². The lowest BCUT2D eigenvalue weighted by atomic mass is 10.1. The van der Waals surface area contributed by atoms with E-state index < -0.39 is 12.0 Å². The minimum atomic E-state index is -0.484. The summed E-state index contributed by atoms with van der Waals surface area (Å²) in [5.74, 6) is -0.484. The molecule has 0 saturated heterocycles. The Morgan fingerprint density at radius 1 is 0.611 bits per heavy atom. The third-order valence-electron chi connectivity index (χ3n) is 6.45. The van der Waals surface area contributed by atoms with Gasteiger partial charge in [-0.25, -0.2) is 4.79 Å². The van der Waals surface area contributed by atoms with Crippen molar-refractivity contribution < 1.29 is 14.3 Å². The summed E-state index contributed by atoms with van der Waals surface area (Å²) in [4.78, 5) is 25.3. The van der Waals surface area contributed by atoms with E-state index in [-0.39, 0.29) is 6.54 Å². The number of ether oxygens (including phenoxy) is 1. The highest BCUT2D eigenvalue weighted by molar-refractivity contribution is 5.80. The summed E-state index contributed by atoms with van der Waals surface area (Å²) in [6, 6.07) is 0. The lowest BCUT2D eigenvalue weighted by Crippen LogP contribution is -2.39. The van der Waals surface area contributed by atoms with Crippen LogP contribution in [-0.2, 0) is 9.53 Å². The molecule has 0 aliphatic rings. The van der Waals surface area contributed by atoms with Gasteiger partial charge in [-0.2, -0.15) is 0 Å². The van der Waals surface area contributed by atoms with Crippen molar-refractivity contribution in [3.05, 3.63) is 24.3 Å². The van der Waals surface area contributed by atoms with Crippen LogP contribution in [0, 0.1) is 0 Å². The zero-order valence-electron chi connectivity index (χ0n) is 23.8. The van der Waals surface area contributed by atoms with E-state index >= 15 is 0 Å². The average Bonchev–Trinajstić information content (AvgIpc) is 2.86. The number of hydrogen-bond acceptors (Lipinski definition) is 3. The van der Waals surface area contributed by atoms with Crippen LogP contribution in [0.4, 0.5) is 4.79 Å². The number of nitrogens with zero attached hydrogens (tertiary/aromatic N) is 1. The SMILES string of the molecule is CC/C=C/CCCCCCCCCCOC(=O)N(CCCCCCCCCC/C=C/CC)CC(N)=O. The molecule has 36 heavy (non-hydrogen) atoms. The molecule has 0 aliphatic heterocycles. The van der Waals surface area contributed by atoms with Crippen LogP contribution in [0.25, 0.3) is 0 Å². The molecular formula is C31H58N2O3. The summed E-state index contributed by atoms with van der Waals surface area (Å²) >= 11 is 0. The highest BCUT2D eigenvalue weighted by atomic mass is 16.6. The van der Waals surface area contributed by atoms with Gasteiger partial charge in [0.25, 0.3) is 0 Å². The quantitative estimate of drug-likeness (QED) is 0.0940. The molecule has 2 N–H and O–H groups in total. The summed E-state index contributed by atoms with van der Waals surface area (Å²) in [7, 11) is 0. The third kappa shape index (κ3) is 25.3. The Morgan fingerprint density at radius 2 is 1.03 bits per heavy atom. The predicted molar refractivity (Wildman–Crippen MR) is 154 cm³/mol. The van der Waals surface area contributed by atoms with Gasteiger partial charge in [-0.3, -0.25) is 9.69 Å². The molecule has 0 bridgehead atoms. The van der Waals surface area contributed by atoms with Gasteiger partial charge in [-0.15, -0.1) is 0 Å². The number of amides is 2. The standard InChI is InChI=1S/C31H58N2O3/c1-3-5-7-9-11-13-15-17-19-21-23-25-27-33(29-30(32)34)31(35)36-28-26-24-22-20-18-16-14-12-10-8-6-4-2/h5-8H,3-4,9-29H2,1-2H3,(H2,32,34)/b7-5+,8-6+. The van der Waals surface area contributed by atoms with E-state index in [9.17, 15) is 9.59 Å². The molecule has 0 aromatic carbocycles. The smallest absolute Gasteiger partial charge is 0.410 e. The van der Waals surface area contributed by atoms with Crippen LogP contribution in [-0.4, -0.2) is 36.6 Å². The summed E-state index contributed by atoms with van der Waals surface area (Å²) in [5, 5.41) is 0. The number of primary amides is 1. The molecule has 0 saturated carbocycles. The first-order chi connectivity index (χ1) is 17.6. The summed E-state index contributed by atoms with van der Waals surface area (Å²) in [5.41, 5.74) is 5.35. The van der Waals surface area contributed by atoms with Crippen molar-refractivity contribution in [2.24, 2.45) is 5.73 Å². The van der Waals surface area contributed by atoms with Gasteiger partial charge >= 0.3 is 6.09 Å². The summed E-state index contributed by atoms with van der Waals surface area (Å²) in [6.07, 6.45) is 32.5. The highest BCUT2D eigenvalue weighted by Crippen LogP contribution is 2.12. The first-order valence-electron chi connectivity index (χ1n) is 15.1. The van der Waals surface area contributed by atoms with Gasteiger partial charge in [0.05, 0.1) is 6.61 Å². The fourth-order valence-electron chi connectivity index (χ4n) is 4.29. The van der Waals surface area contributed by atoms with Crippen LogP contribution >= 0.6 is 0 Å². The normalized spacial score (nSPS) is 11.5.